The predicted molar refractivity (Wildman–Crippen MR) is 107 cm³/mol. The van der Waals surface area contributed by atoms with Gasteiger partial charge in [-0.2, -0.15) is 9.57 Å². The number of piperidine rings is 1. The predicted octanol–water partition coefficient (Wildman–Crippen LogP) is 3.98. The smallest absolute Gasteiger partial charge is 0.314 e. The van der Waals surface area contributed by atoms with Gasteiger partial charge < -0.3 is 4.74 Å². The third-order valence-corrected chi connectivity index (χ3v) is 7.26. The number of carbonyl (C=O) groups excluding carboxylic acids is 1. The van der Waals surface area contributed by atoms with E-state index in [9.17, 15) is 13.2 Å². The molecule has 0 N–H and O–H groups in total. The normalized spacial score (nSPS) is 15.8. The number of nitriles is 1. The van der Waals surface area contributed by atoms with Crippen LogP contribution < -0.4 is 4.74 Å². The zero-order valence-corrected chi connectivity index (χ0v) is 17.8. The van der Waals surface area contributed by atoms with Crippen molar-refractivity contribution in [2.75, 3.05) is 13.1 Å². The molecule has 146 valence electrons. The van der Waals surface area contributed by atoms with E-state index >= 15 is 0 Å². The molecule has 0 bridgehead atoms. The Bertz CT molecular complexity index is 1040. The first-order chi connectivity index (χ1) is 13.3. The highest BCUT2D eigenvalue weighted by Crippen LogP contribution is 2.30. The summed E-state index contributed by atoms with van der Waals surface area (Å²) in [5.74, 6) is -0.580. The molecule has 1 heterocycles. The number of halogens is 2. The van der Waals surface area contributed by atoms with Crippen LogP contribution in [-0.2, 0) is 14.8 Å². The Balaban J connectivity index is 1.67. The molecule has 1 saturated heterocycles. The summed E-state index contributed by atoms with van der Waals surface area (Å²) in [5.41, 5.74) is 0.105. The lowest BCUT2D eigenvalue weighted by molar-refractivity contribution is -0.140. The minimum Gasteiger partial charge on any atom is -0.425 e. The maximum absolute atomic E-state index is 12.8. The van der Waals surface area contributed by atoms with E-state index in [1.165, 1.54) is 16.4 Å². The van der Waals surface area contributed by atoms with Crippen LogP contribution in [0.15, 0.2) is 51.8 Å². The lowest BCUT2D eigenvalue weighted by atomic mass is 9.98. The lowest BCUT2D eigenvalue weighted by Crippen LogP contribution is -2.41. The van der Waals surface area contributed by atoms with E-state index in [0.717, 1.165) is 4.47 Å². The molecular weight excluding hydrogens is 468 g/mol. The molecule has 0 aliphatic carbocycles. The van der Waals surface area contributed by atoms with Gasteiger partial charge in [-0.15, -0.1) is 0 Å². The van der Waals surface area contributed by atoms with Gasteiger partial charge in [0.2, 0.25) is 10.0 Å². The fourth-order valence-corrected chi connectivity index (χ4v) is 5.33. The fraction of sp³-hybridized carbons (Fsp3) is 0.263. The van der Waals surface area contributed by atoms with Crippen LogP contribution >= 0.6 is 27.5 Å². The second-order valence-corrected chi connectivity index (χ2v) is 9.51. The van der Waals surface area contributed by atoms with Crippen LogP contribution in [0, 0.1) is 17.2 Å². The molecule has 2 aromatic carbocycles. The number of hydrogen-bond donors (Lipinski definition) is 0. The lowest BCUT2D eigenvalue weighted by Gasteiger charge is -2.30. The number of esters is 1. The Hall–Kier alpha value is -1.92. The Morgan fingerprint density at radius 2 is 1.89 bits per heavy atom. The molecule has 0 unspecified atom stereocenters. The number of benzene rings is 2. The number of nitrogens with zero attached hydrogens (tertiary/aromatic N) is 2. The van der Waals surface area contributed by atoms with Crippen molar-refractivity contribution >= 4 is 43.5 Å². The first-order valence-electron chi connectivity index (χ1n) is 8.49. The van der Waals surface area contributed by atoms with E-state index in [1.54, 1.807) is 30.3 Å². The van der Waals surface area contributed by atoms with E-state index in [1.807, 2.05) is 6.07 Å². The molecule has 9 heteroatoms. The second kappa shape index (κ2) is 8.62. The highest BCUT2D eigenvalue weighted by Gasteiger charge is 2.34. The average Bonchev–Trinajstić information content (AvgIpc) is 2.70. The van der Waals surface area contributed by atoms with Crippen LogP contribution in [0.5, 0.6) is 5.75 Å². The van der Waals surface area contributed by atoms with Crippen molar-refractivity contribution in [1.29, 1.82) is 5.26 Å². The van der Waals surface area contributed by atoms with Crippen LogP contribution in [0.3, 0.4) is 0 Å². The summed E-state index contributed by atoms with van der Waals surface area (Å²) in [5, 5.41) is 9.48. The third-order valence-electron chi connectivity index (χ3n) is 4.52. The number of rotatable bonds is 4. The summed E-state index contributed by atoms with van der Waals surface area (Å²) in [4.78, 5) is 12.4. The number of sulfonamides is 1. The minimum atomic E-state index is -3.79. The van der Waals surface area contributed by atoms with Crippen LogP contribution in [0.4, 0.5) is 0 Å². The Labute approximate surface area is 176 Å². The van der Waals surface area contributed by atoms with Gasteiger partial charge in [0.05, 0.1) is 21.4 Å². The van der Waals surface area contributed by atoms with Crippen molar-refractivity contribution in [1.82, 2.24) is 4.31 Å². The summed E-state index contributed by atoms with van der Waals surface area (Å²) in [6, 6.07) is 13.0. The van der Waals surface area contributed by atoms with Gasteiger partial charge in [-0.05, 0) is 43.2 Å². The molecule has 0 atom stereocenters. The SMILES string of the molecule is N#Cc1ccccc1S(=O)(=O)N1CCC(C(=O)Oc2ccc(Br)cc2Cl)CC1. The first kappa shape index (κ1) is 20.8. The zero-order chi connectivity index (χ0) is 20.3. The standard InChI is InChI=1S/C19H16BrClN2O4S/c20-15-5-6-17(16(21)11-15)27-19(24)13-7-9-23(10-8-13)28(25,26)18-4-2-1-3-14(18)12-22/h1-6,11,13H,7-10H2. The summed E-state index contributed by atoms with van der Waals surface area (Å²) in [6.45, 7) is 0.353. The highest BCUT2D eigenvalue weighted by atomic mass is 79.9. The second-order valence-electron chi connectivity index (χ2n) is 6.28. The Morgan fingerprint density at radius 3 is 2.54 bits per heavy atom. The molecule has 1 aliphatic heterocycles. The monoisotopic (exact) mass is 482 g/mol. The molecule has 28 heavy (non-hydrogen) atoms. The van der Waals surface area contributed by atoms with Crippen LogP contribution in [-0.4, -0.2) is 31.8 Å². The van der Waals surface area contributed by atoms with Crippen LogP contribution in [0.25, 0.3) is 0 Å². The molecule has 0 amide bonds. The molecule has 0 spiro atoms. The maximum atomic E-state index is 12.8. The van der Waals surface area contributed by atoms with E-state index in [0.29, 0.717) is 17.9 Å². The van der Waals surface area contributed by atoms with E-state index in [2.05, 4.69) is 15.9 Å². The van der Waals surface area contributed by atoms with Gasteiger partial charge in [0, 0.05) is 17.6 Å². The van der Waals surface area contributed by atoms with Crippen LogP contribution in [0.2, 0.25) is 5.02 Å². The van der Waals surface area contributed by atoms with Gasteiger partial charge in [-0.25, -0.2) is 8.42 Å². The fourth-order valence-electron chi connectivity index (χ4n) is 3.00. The van der Waals surface area contributed by atoms with Crippen molar-refractivity contribution in [3.05, 3.63) is 57.5 Å². The number of carbonyl (C=O) groups is 1. The largest absolute Gasteiger partial charge is 0.425 e. The quantitative estimate of drug-likeness (QED) is 0.485. The molecule has 0 saturated carbocycles. The van der Waals surface area contributed by atoms with Gasteiger partial charge in [0.1, 0.15) is 11.8 Å². The van der Waals surface area contributed by atoms with E-state index in [-0.39, 0.29) is 29.3 Å². The first-order valence-corrected chi connectivity index (χ1v) is 11.1. The molecular formula is C19H16BrClN2O4S. The van der Waals surface area contributed by atoms with Crippen molar-refractivity contribution in [3.8, 4) is 11.8 Å². The van der Waals surface area contributed by atoms with Crippen molar-refractivity contribution in [2.45, 2.75) is 17.7 Å². The molecule has 6 nitrogen and oxygen atoms in total. The van der Waals surface area contributed by atoms with E-state index in [4.69, 9.17) is 21.6 Å². The summed E-state index contributed by atoms with van der Waals surface area (Å²) < 4.78 is 33.2. The molecule has 1 aliphatic rings. The van der Waals surface area contributed by atoms with E-state index < -0.39 is 21.9 Å². The van der Waals surface area contributed by atoms with Gasteiger partial charge in [0.25, 0.3) is 0 Å². The summed E-state index contributed by atoms with van der Waals surface area (Å²) in [6.07, 6.45) is 0.669. The Kier molecular flexibility index (Phi) is 6.40. The Morgan fingerprint density at radius 1 is 1.21 bits per heavy atom. The summed E-state index contributed by atoms with van der Waals surface area (Å²) in [7, 11) is -3.79. The van der Waals surface area contributed by atoms with Crippen molar-refractivity contribution < 1.29 is 17.9 Å². The van der Waals surface area contributed by atoms with Gasteiger partial charge in [-0.3, -0.25) is 4.79 Å². The number of hydrogen-bond acceptors (Lipinski definition) is 5. The minimum absolute atomic E-state index is 0.0137. The van der Waals surface area contributed by atoms with Crippen molar-refractivity contribution in [3.63, 3.8) is 0 Å². The van der Waals surface area contributed by atoms with Gasteiger partial charge in [0.15, 0.2) is 0 Å². The molecule has 0 radical (unpaired) electrons. The van der Waals surface area contributed by atoms with Gasteiger partial charge >= 0.3 is 5.97 Å². The van der Waals surface area contributed by atoms with Crippen LogP contribution in [0.1, 0.15) is 18.4 Å². The molecule has 2 aromatic rings. The van der Waals surface area contributed by atoms with Gasteiger partial charge in [-0.1, -0.05) is 39.7 Å². The molecule has 1 fully saturated rings. The third kappa shape index (κ3) is 4.39. The summed E-state index contributed by atoms with van der Waals surface area (Å²) >= 11 is 9.36. The molecule has 0 aromatic heterocycles. The highest BCUT2D eigenvalue weighted by molar-refractivity contribution is 9.10. The topological polar surface area (TPSA) is 87.5 Å². The molecule has 3 rings (SSSR count). The zero-order valence-electron chi connectivity index (χ0n) is 14.6. The average molecular weight is 484 g/mol. The maximum Gasteiger partial charge on any atom is 0.314 e. The number of ether oxygens (including phenoxy) is 1. The van der Waals surface area contributed by atoms with Crippen molar-refractivity contribution in [2.24, 2.45) is 5.92 Å².